The maximum atomic E-state index is 11.0. The van der Waals surface area contributed by atoms with Crippen LogP contribution in [-0.2, 0) is 9.59 Å². The molecule has 1 saturated carbocycles. The van der Waals surface area contributed by atoms with Gasteiger partial charge in [0, 0.05) is 5.92 Å². The lowest BCUT2D eigenvalue weighted by Crippen LogP contribution is -2.47. The van der Waals surface area contributed by atoms with Gasteiger partial charge < -0.3 is 10.2 Å². The highest BCUT2D eigenvalue weighted by atomic mass is 35.5. The number of carboxylic acids is 2. The third-order valence-electron chi connectivity index (χ3n) is 3.13. The van der Waals surface area contributed by atoms with Gasteiger partial charge in [-0.25, -0.2) is 0 Å². The van der Waals surface area contributed by atoms with Gasteiger partial charge in [-0.1, -0.05) is 12.2 Å². The molecule has 2 bridgehead atoms. The van der Waals surface area contributed by atoms with Crippen molar-refractivity contribution in [2.24, 2.45) is 17.8 Å². The molecule has 0 spiro atoms. The van der Waals surface area contributed by atoms with Crippen molar-refractivity contribution < 1.29 is 19.8 Å². The number of halogens is 1. The van der Waals surface area contributed by atoms with Gasteiger partial charge in [-0.15, -0.1) is 11.6 Å². The van der Waals surface area contributed by atoms with E-state index in [4.69, 9.17) is 21.8 Å². The van der Waals surface area contributed by atoms with E-state index in [1.807, 2.05) is 0 Å². The molecular weight excluding hydrogens is 208 g/mol. The van der Waals surface area contributed by atoms with Crippen molar-refractivity contribution in [1.29, 1.82) is 0 Å². The van der Waals surface area contributed by atoms with Crippen molar-refractivity contribution in [3.05, 3.63) is 12.2 Å². The number of hydrogen-bond acceptors (Lipinski definition) is 2. The Morgan fingerprint density at radius 3 is 2.43 bits per heavy atom. The van der Waals surface area contributed by atoms with Crippen LogP contribution in [-0.4, -0.2) is 27.0 Å². The summed E-state index contributed by atoms with van der Waals surface area (Å²) < 4.78 is 0. The van der Waals surface area contributed by atoms with E-state index in [2.05, 4.69) is 0 Å². The molecule has 4 nitrogen and oxygen atoms in total. The van der Waals surface area contributed by atoms with Crippen molar-refractivity contribution in [2.75, 3.05) is 0 Å². The van der Waals surface area contributed by atoms with Gasteiger partial charge in [-0.05, 0) is 12.3 Å². The molecule has 2 aliphatic rings. The van der Waals surface area contributed by atoms with Gasteiger partial charge in [0.15, 0.2) is 4.87 Å². The summed E-state index contributed by atoms with van der Waals surface area (Å²) >= 11 is 5.93. The number of hydrogen-bond donors (Lipinski definition) is 2. The van der Waals surface area contributed by atoms with Gasteiger partial charge >= 0.3 is 11.9 Å². The van der Waals surface area contributed by atoms with Gasteiger partial charge in [0.1, 0.15) is 0 Å². The van der Waals surface area contributed by atoms with Gasteiger partial charge in [0.2, 0.25) is 0 Å². The predicted molar refractivity (Wildman–Crippen MR) is 48.1 cm³/mol. The summed E-state index contributed by atoms with van der Waals surface area (Å²) in [6, 6.07) is 0. The van der Waals surface area contributed by atoms with Crippen LogP contribution in [0.5, 0.6) is 0 Å². The molecule has 4 atom stereocenters. The van der Waals surface area contributed by atoms with E-state index in [9.17, 15) is 9.59 Å². The fourth-order valence-electron chi connectivity index (χ4n) is 2.48. The van der Waals surface area contributed by atoms with Crippen LogP contribution in [0.1, 0.15) is 6.42 Å². The number of rotatable bonds is 2. The molecule has 0 aliphatic heterocycles. The number of aliphatic carboxylic acids is 2. The first kappa shape index (κ1) is 9.52. The van der Waals surface area contributed by atoms with E-state index in [-0.39, 0.29) is 11.8 Å². The van der Waals surface area contributed by atoms with Gasteiger partial charge in [0.25, 0.3) is 0 Å². The minimum absolute atomic E-state index is 0.230. The standard InChI is InChI=1S/C9H9ClO4/c10-9(8(13)14)5-2-1-4(3-5)6(9)7(11)12/h1-2,4-6H,3H2,(H,11,12)(H,13,14)/t4-,5+,6+,9+/m1/s1. The number of carboxylic acid groups (broad SMARTS) is 2. The van der Waals surface area contributed by atoms with Gasteiger partial charge in [-0.3, -0.25) is 9.59 Å². The van der Waals surface area contributed by atoms with E-state index in [0.717, 1.165) is 0 Å². The van der Waals surface area contributed by atoms with Gasteiger partial charge in [-0.2, -0.15) is 0 Å². The zero-order valence-electron chi connectivity index (χ0n) is 7.18. The molecule has 2 aliphatic carbocycles. The van der Waals surface area contributed by atoms with E-state index in [1.54, 1.807) is 12.2 Å². The molecule has 0 heterocycles. The van der Waals surface area contributed by atoms with Gasteiger partial charge in [0.05, 0.1) is 5.92 Å². The minimum atomic E-state index is -1.65. The predicted octanol–water partition coefficient (Wildman–Crippen LogP) is 0.955. The van der Waals surface area contributed by atoms with Crippen LogP contribution in [0.25, 0.3) is 0 Å². The average molecular weight is 217 g/mol. The third-order valence-corrected chi connectivity index (χ3v) is 3.81. The molecule has 1 fully saturated rings. The fraction of sp³-hybridized carbons (Fsp3) is 0.556. The molecule has 76 valence electrons. The summed E-state index contributed by atoms with van der Waals surface area (Å²) in [4.78, 5) is 20.3. The Morgan fingerprint density at radius 2 is 2.00 bits per heavy atom. The highest BCUT2D eigenvalue weighted by Crippen LogP contribution is 2.54. The Kier molecular flexibility index (Phi) is 1.86. The van der Waals surface area contributed by atoms with E-state index < -0.39 is 22.7 Å². The smallest absolute Gasteiger partial charge is 0.326 e. The molecule has 0 aromatic rings. The Labute approximate surface area is 85.2 Å². The highest BCUT2D eigenvalue weighted by molar-refractivity contribution is 6.36. The van der Waals surface area contributed by atoms with Crippen LogP contribution in [0.3, 0.4) is 0 Å². The maximum Gasteiger partial charge on any atom is 0.326 e. The molecule has 0 saturated heterocycles. The molecule has 2 N–H and O–H groups in total. The number of allylic oxidation sites excluding steroid dienone is 2. The van der Waals surface area contributed by atoms with Crippen molar-refractivity contribution in [3.63, 3.8) is 0 Å². The van der Waals surface area contributed by atoms with Crippen LogP contribution in [0.15, 0.2) is 12.2 Å². The SMILES string of the molecule is O=C(O)[C@@H]1[C@@H]2C=C[C@@H](C2)[C@@]1(Cl)C(=O)O. The first-order valence-electron chi connectivity index (χ1n) is 4.31. The summed E-state index contributed by atoms with van der Waals surface area (Å²) in [5.41, 5.74) is 0. The molecule has 0 amide bonds. The monoisotopic (exact) mass is 216 g/mol. The van der Waals surface area contributed by atoms with E-state index >= 15 is 0 Å². The number of alkyl halides is 1. The fourth-order valence-corrected chi connectivity index (χ4v) is 2.90. The molecular formula is C9H9ClO4. The maximum absolute atomic E-state index is 11.0. The van der Waals surface area contributed by atoms with Crippen LogP contribution in [0.4, 0.5) is 0 Å². The highest BCUT2D eigenvalue weighted by Gasteiger charge is 2.63. The summed E-state index contributed by atoms with van der Waals surface area (Å²) in [5.74, 6) is -3.95. The third kappa shape index (κ3) is 0.945. The Balaban J connectivity index is 2.45. The minimum Gasteiger partial charge on any atom is -0.481 e. The van der Waals surface area contributed by atoms with E-state index in [1.165, 1.54) is 0 Å². The molecule has 0 radical (unpaired) electrons. The van der Waals surface area contributed by atoms with Crippen LogP contribution >= 0.6 is 11.6 Å². The van der Waals surface area contributed by atoms with Crippen molar-refractivity contribution in [2.45, 2.75) is 11.3 Å². The Bertz CT molecular complexity index is 338. The lowest BCUT2D eigenvalue weighted by atomic mass is 9.82. The first-order chi connectivity index (χ1) is 6.48. The van der Waals surface area contributed by atoms with Crippen molar-refractivity contribution in [3.8, 4) is 0 Å². The summed E-state index contributed by atoms with van der Waals surface area (Å²) in [6.07, 6.45) is 4.00. The zero-order valence-corrected chi connectivity index (χ0v) is 7.94. The Morgan fingerprint density at radius 1 is 1.36 bits per heavy atom. The zero-order chi connectivity index (χ0) is 10.5. The lowest BCUT2D eigenvalue weighted by Gasteiger charge is -2.29. The molecule has 5 heteroatoms. The summed E-state index contributed by atoms with van der Waals surface area (Å²) in [6.45, 7) is 0. The molecule has 0 aromatic heterocycles. The Hall–Kier alpha value is -1.03. The molecule has 14 heavy (non-hydrogen) atoms. The lowest BCUT2D eigenvalue weighted by molar-refractivity contribution is -0.152. The molecule has 2 rings (SSSR count). The van der Waals surface area contributed by atoms with Crippen LogP contribution < -0.4 is 0 Å². The van der Waals surface area contributed by atoms with E-state index in [0.29, 0.717) is 6.42 Å². The summed E-state index contributed by atoms with van der Waals surface area (Å²) in [7, 11) is 0. The summed E-state index contributed by atoms with van der Waals surface area (Å²) in [5, 5.41) is 17.9. The van der Waals surface area contributed by atoms with Crippen LogP contribution in [0, 0.1) is 17.8 Å². The topological polar surface area (TPSA) is 74.6 Å². The first-order valence-corrected chi connectivity index (χ1v) is 4.69. The second-order valence-corrected chi connectivity index (χ2v) is 4.41. The molecule has 0 aromatic carbocycles. The van der Waals surface area contributed by atoms with Crippen LogP contribution in [0.2, 0.25) is 0 Å². The largest absolute Gasteiger partial charge is 0.481 e. The van der Waals surface area contributed by atoms with Crippen molar-refractivity contribution >= 4 is 23.5 Å². The molecule has 0 unspecified atom stereocenters. The number of carbonyl (C=O) groups is 2. The second kappa shape index (κ2) is 2.73. The average Bonchev–Trinajstić information content (AvgIpc) is 2.61. The quantitative estimate of drug-likeness (QED) is 0.533. The van der Waals surface area contributed by atoms with Crippen molar-refractivity contribution in [1.82, 2.24) is 0 Å². The second-order valence-electron chi connectivity index (χ2n) is 3.78. The number of fused-ring (bicyclic) bond motifs is 2. The normalized spacial score (nSPS) is 44.2.